The first-order chi connectivity index (χ1) is 19.0. The fourth-order valence-electron chi connectivity index (χ4n) is 4.64. The number of sulfonamides is 1. The van der Waals surface area contributed by atoms with E-state index < -0.39 is 33.1 Å². The second kappa shape index (κ2) is 12.8. The number of carbonyl (C=O) groups is 1. The predicted octanol–water partition coefficient (Wildman–Crippen LogP) is 5.15. The zero-order valence-electron chi connectivity index (χ0n) is 22.9. The van der Waals surface area contributed by atoms with Crippen molar-refractivity contribution in [2.45, 2.75) is 49.2 Å². The maximum Gasteiger partial charge on any atom is 0.323 e. The molecule has 1 heterocycles. The van der Waals surface area contributed by atoms with Crippen molar-refractivity contribution in [3.8, 4) is 11.1 Å². The number of rotatable bonds is 11. The largest absolute Gasteiger partial charge is 0.464 e. The van der Waals surface area contributed by atoms with Gasteiger partial charge < -0.3 is 10.5 Å². The highest BCUT2D eigenvalue weighted by atomic mass is 32.2. The summed E-state index contributed by atoms with van der Waals surface area (Å²) in [7, 11) is -3.85. The summed E-state index contributed by atoms with van der Waals surface area (Å²) in [5.74, 6) is -0.328. The standard InChI is InChI=1S/C30H36FN3O4S2/c1-21(2)28(32)29(35)38-19-17-27(24-9-13-25(31)14-10-24)33-30(3)34(18-20-39-30)40(36,37)26-15-11-23(12-16-26)22-7-5-4-6-8-22/h4-16,21,27-28,33H,17-20,32H2,1-3H3. The second-order valence-electron chi connectivity index (χ2n) is 10.3. The molecule has 0 bridgehead atoms. The van der Waals surface area contributed by atoms with Gasteiger partial charge in [-0.2, -0.15) is 4.31 Å². The molecule has 0 spiro atoms. The Bertz CT molecular complexity index is 1390. The molecule has 7 nitrogen and oxygen atoms in total. The quantitative estimate of drug-likeness (QED) is 0.300. The zero-order chi connectivity index (χ0) is 28.9. The van der Waals surface area contributed by atoms with E-state index in [2.05, 4.69) is 5.32 Å². The van der Waals surface area contributed by atoms with Crippen LogP contribution in [0.25, 0.3) is 11.1 Å². The van der Waals surface area contributed by atoms with Gasteiger partial charge in [0.2, 0.25) is 10.0 Å². The molecule has 4 rings (SSSR count). The number of thioether (sulfide) groups is 1. The summed E-state index contributed by atoms with van der Waals surface area (Å²) in [6.07, 6.45) is 0.345. The first-order valence-corrected chi connectivity index (χ1v) is 15.7. The van der Waals surface area contributed by atoms with Gasteiger partial charge in [-0.15, -0.1) is 11.8 Å². The highest BCUT2D eigenvalue weighted by molar-refractivity contribution is 8.02. The van der Waals surface area contributed by atoms with Crippen LogP contribution in [0.3, 0.4) is 0 Å². The second-order valence-corrected chi connectivity index (χ2v) is 13.6. The van der Waals surface area contributed by atoms with Crippen LogP contribution in [0, 0.1) is 11.7 Å². The fraction of sp³-hybridized carbons (Fsp3) is 0.367. The molecule has 3 aromatic carbocycles. The number of esters is 1. The van der Waals surface area contributed by atoms with Crippen LogP contribution in [0.15, 0.2) is 83.8 Å². The molecule has 10 heteroatoms. The summed E-state index contributed by atoms with van der Waals surface area (Å²) >= 11 is 1.48. The van der Waals surface area contributed by atoms with E-state index in [1.54, 1.807) is 24.3 Å². The molecule has 0 radical (unpaired) electrons. The van der Waals surface area contributed by atoms with Crippen LogP contribution < -0.4 is 11.1 Å². The van der Waals surface area contributed by atoms with E-state index in [4.69, 9.17) is 10.5 Å². The van der Waals surface area contributed by atoms with Crippen LogP contribution in [0.1, 0.15) is 38.8 Å². The van der Waals surface area contributed by atoms with E-state index in [1.807, 2.05) is 63.2 Å². The third kappa shape index (κ3) is 6.92. The molecule has 214 valence electrons. The number of halogens is 1. The molecule has 1 saturated heterocycles. The molecule has 3 N–H and O–H groups in total. The number of hydrogen-bond donors (Lipinski definition) is 2. The van der Waals surface area contributed by atoms with Gasteiger partial charge in [0.25, 0.3) is 0 Å². The molecular formula is C30H36FN3O4S2. The lowest BCUT2D eigenvalue weighted by atomic mass is 10.0. The summed E-state index contributed by atoms with van der Waals surface area (Å²) in [4.78, 5) is 11.5. The minimum absolute atomic E-state index is 0.0622. The Morgan fingerprint density at radius 2 is 1.68 bits per heavy atom. The van der Waals surface area contributed by atoms with Crippen LogP contribution in [0.5, 0.6) is 0 Å². The minimum atomic E-state index is -3.85. The summed E-state index contributed by atoms with van der Waals surface area (Å²) in [5, 5.41) is 3.48. The lowest BCUT2D eigenvalue weighted by Crippen LogP contribution is -2.54. The Labute approximate surface area is 240 Å². The SMILES string of the molecule is CC(C)C(N)C(=O)OCCC(NC1(C)SCCN1S(=O)(=O)c1ccc(-c2ccccc2)cc1)c1ccc(F)cc1. The van der Waals surface area contributed by atoms with Crippen molar-refractivity contribution < 1.29 is 22.3 Å². The van der Waals surface area contributed by atoms with Crippen molar-refractivity contribution in [2.75, 3.05) is 18.9 Å². The third-order valence-electron chi connectivity index (χ3n) is 7.06. The van der Waals surface area contributed by atoms with E-state index in [1.165, 1.54) is 28.2 Å². The van der Waals surface area contributed by atoms with Crippen LogP contribution in [-0.4, -0.2) is 48.6 Å². The summed E-state index contributed by atoms with van der Waals surface area (Å²) in [6.45, 7) is 5.92. The Morgan fingerprint density at radius 1 is 1.05 bits per heavy atom. The van der Waals surface area contributed by atoms with Crippen LogP contribution in [0.4, 0.5) is 4.39 Å². The Balaban J connectivity index is 1.54. The molecule has 3 aromatic rings. The molecule has 0 aromatic heterocycles. The highest BCUT2D eigenvalue weighted by Gasteiger charge is 2.46. The summed E-state index contributed by atoms with van der Waals surface area (Å²) in [5.41, 5.74) is 8.60. The summed E-state index contributed by atoms with van der Waals surface area (Å²) < 4.78 is 48.3. The summed E-state index contributed by atoms with van der Waals surface area (Å²) in [6, 6.07) is 21.5. The Hall–Kier alpha value is -2.76. The van der Waals surface area contributed by atoms with Gasteiger partial charge in [-0.3, -0.25) is 10.1 Å². The highest BCUT2D eigenvalue weighted by Crippen LogP contribution is 2.40. The zero-order valence-corrected chi connectivity index (χ0v) is 24.6. The molecular weight excluding hydrogens is 549 g/mol. The van der Waals surface area contributed by atoms with Gasteiger partial charge in [-0.25, -0.2) is 12.8 Å². The lowest BCUT2D eigenvalue weighted by molar-refractivity contribution is -0.146. The number of ether oxygens (including phenoxy) is 1. The normalized spacial score (nSPS) is 19.4. The molecule has 1 aliphatic rings. The Morgan fingerprint density at radius 3 is 2.30 bits per heavy atom. The van der Waals surface area contributed by atoms with Crippen molar-refractivity contribution >= 4 is 27.8 Å². The van der Waals surface area contributed by atoms with E-state index in [0.717, 1.165) is 16.7 Å². The van der Waals surface area contributed by atoms with Gasteiger partial charge in [0.05, 0.1) is 11.5 Å². The smallest absolute Gasteiger partial charge is 0.323 e. The van der Waals surface area contributed by atoms with Crippen molar-refractivity contribution in [2.24, 2.45) is 11.7 Å². The van der Waals surface area contributed by atoms with Crippen LogP contribution in [0.2, 0.25) is 0 Å². The van der Waals surface area contributed by atoms with Crippen LogP contribution in [-0.2, 0) is 19.6 Å². The van der Waals surface area contributed by atoms with Crippen molar-refractivity contribution in [1.82, 2.24) is 9.62 Å². The number of hydrogen-bond acceptors (Lipinski definition) is 7. The first kappa shape index (κ1) is 30.2. The van der Waals surface area contributed by atoms with E-state index in [-0.39, 0.29) is 23.2 Å². The monoisotopic (exact) mass is 585 g/mol. The molecule has 0 saturated carbocycles. The van der Waals surface area contributed by atoms with Crippen molar-refractivity contribution in [1.29, 1.82) is 0 Å². The van der Waals surface area contributed by atoms with Crippen molar-refractivity contribution in [3.05, 3.63) is 90.2 Å². The van der Waals surface area contributed by atoms with Crippen molar-refractivity contribution in [3.63, 3.8) is 0 Å². The molecule has 3 atom stereocenters. The molecule has 40 heavy (non-hydrogen) atoms. The van der Waals surface area contributed by atoms with Gasteiger partial charge in [-0.1, -0.05) is 68.4 Å². The molecule has 0 amide bonds. The van der Waals surface area contributed by atoms with Gasteiger partial charge >= 0.3 is 5.97 Å². The maximum absolute atomic E-state index is 13.8. The van der Waals surface area contributed by atoms with Gasteiger partial charge in [0.15, 0.2) is 0 Å². The number of benzene rings is 3. The van der Waals surface area contributed by atoms with Gasteiger partial charge in [0.1, 0.15) is 16.9 Å². The predicted molar refractivity (Wildman–Crippen MR) is 157 cm³/mol. The third-order valence-corrected chi connectivity index (χ3v) is 10.5. The lowest BCUT2D eigenvalue weighted by Gasteiger charge is -2.37. The number of nitrogens with zero attached hydrogens (tertiary/aromatic N) is 1. The molecule has 3 unspecified atom stereocenters. The number of carbonyl (C=O) groups excluding carboxylic acids is 1. The fourth-order valence-corrected chi connectivity index (χ4v) is 7.92. The number of nitrogens with two attached hydrogens (primary N) is 1. The topological polar surface area (TPSA) is 102 Å². The average Bonchev–Trinajstić information content (AvgIpc) is 3.34. The maximum atomic E-state index is 13.8. The molecule has 1 fully saturated rings. The van der Waals surface area contributed by atoms with Gasteiger partial charge in [0, 0.05) is 24.8 Å². The number of nitrogens with one attached hydrogen (secondary N) is 1. The van der Waals surface area contributed by atoms with Gasteiger partial charge in [-0.05, 0) is 53.8 Å². The Kier molecular flexibility index (Phi) is 9.68. The van der Waals surface area contributed by atoms with E-state index in [9.17, 15) is 17.6 Å². The first-order valence-electron chi connectivity index (χ1n) is 13.3. The average molecular weight is 586 g/mol. The minimum Gasteiger partial charge on any atom is -0.464 e. The van der Waals surface area contributed by atoms with Crippen LogP contribution >= 0.6 is 11.8 Å². The van der Waals surface area contributed by atoms with E-state index in [0.29, 0.717) is 18.7 Å². The van der Waals surface area contributed by atoms with E-state index >= 15 is 0 Å². The molecule has 0 aliphatic carbocycles. The molecule has 1 aliphatic heterocycles.